The zero-order valence-electron chi connectivity index (χ0n) is 16.5. The van der Waals surface area contributed by atoms with Gasteiger partial charge in [-0.05, 0) is 25.7 Å². The van der Waals surface area contributed by atoms with E-state index in [9.17, 15) is 19.4 Å². The average molecular weight is 392 g/mol. The van der Waals surface area contributed by atoms with Crippen LogP contribution in [0.1, 0.15) is 25.8 Å². The average Bonchev–Trinajstić information content (AvgIpc) is 2.68. The van der Waals surface area contributed by atoms with E-state index in [4.69, 9.17) is 4.74 Å². The minimum absolute atomic E-state index is 0.0320. The van der Waals surface area contributed by atoms with Gasteiger partial charge in [-0.25, -0.2) is 4.79 Å². The van der Waals surface area contributed by atoms with E-state index >= 15 is 0 Å². The Morgan fingerprint density at radius 2 is 1.75 bits per heavy atom. The second-order valence-corrected chi connectivity index (χ2v) is 6.21. The first kappa shape index (κ1) is 23.5. The van der Waals surface area contributed by atoms with Crippen LogP contribution in [0.15, 0.2) is 30.3 Å². The molecule has 3 amide bonds. The normalized spacial score (nSPS) is 12.4. The van der Waals surface area contributed by atoms with E-state index < -0.39 is 31.1 Å². The summed E-state index contributed by atoms with van der Waals surface area (Å²) in [4.78, 5) is 36.6. The van der Waals surface area contributed by atoms with Crippen molar-refractivity contribution in [3.63, 3.8) is 0 Å². The Morgan fingerprint density at radius 3 is 2.32 bits per heavy atom. The van der Waals surface area contributed by atoms with Crippen molar-refractivity contribution in [2.24, 2.45) is 0 Å². The summed E-state index contributed by atoms with van der Waals surface area (Å²) >= 11 is 0. The number of benzene rings is 1. The van der Waals surface area contributed by atoms with Crippen LogP contribution in [0, 0.1) is 0 Å². The molecular weight excluding hydrogens is 363 g/mol. The number of ether oxygens (including phenoxy) is 1. The predicted octanol–water partition coefficient (Wildman–Crippen LogP) is 0.0122. The fourth-order valence-electron chi connectivity index (χ4n) is 2.33. The van der Waals surface area contributed by atoms with Crippen molar-refractivity contribution >= 4 is 25.0 Å². The number of carbonyl (C=O) groups excluding carboxylic acids is 3. The van der Waals surface area contributed by atoms with Gasteiger partial charge in [0, 0.05) is 13.1 Å². The van der Waals surface area contributed by atoms with Crippen molar-refractivity contribution < 1.29 is 24.1 Å². The largest absolute Gasteiger partial charge is 0.445 e. The molecule has 5 N–H and O–H groups in total. The number of carbonyl (C=O) groups is 3. The SMILES string of the molecule is CCNC(=O)C(CC)NC(=O)C(CNB(C)O)NC(=O)OCc1ccccc1. The lowest BCUT2D eigenvalue weighted by Crippen LogP contribution is -2.57. The second kappa shape index (κ2) is 12.7. The van der Waals surface area contributed by atoms with E-state index in [1.165, 1.54) is 6.82 Å². The quantitative estimate of drug-likeness (QED) is 0.338. The molecule has 2 unspecified atom stereocenters. The molecule has 0 spiro atoms. The van der Waals surface area contributed by atoms with Gasteiger partial charge in [0.2, 0.25) is 11.8 Å². The fourth-order valence-corrected chi connectivity index (χ4v) is 2.33. The van der Waals surface area contributed by atoms with Crippen molar-refractivity contribution in [1.82, 2.24) is 21.2 Å². The van der Waals surface area contributed by atoms with Gasteiger partial charge in [-0.3, -0.25) is 9.59 Å². The number of alkyl carbamates (subject to hydrolysis) is 1. The number of nitrogens with one attached hydrogen (secondary N) is 4. The van der Waals surface area contributed by atoms with E-state index in [-0.39, 0.29) is 19.1 Å². The van der Waals surface area contributed by atoms with Crippen LogP contribution in [0.5, 0.6) is 0 Å². The first-order chi connectivity index (χ1) is 13.4. The number of amides is 3. The summed E-state index contributed by atoms with van der Waals surface area (Å²) in [6.45, 7) is 5.52. The fraction of sp³-hybridized carbons (Fsp3) is 0.500. The summed E-state index contributed by atoms with van der Waals surface area (Å²) in [6.07, 6.45) is -0.380. The van der Waals surface area contributed by atoms with Crippen LogP contribution in [0.3, 0.4) is 0 Å². The molecule has 0 bridgehead atoms. The van der Waals surface area contributed by atoms with Gasteiger partial charge in [0.05, 0.1) is 0 Å². The van der Waals surface area contributed by atoms with Gasteiger partial charge in [-0.1, -0.05) is 37.3 Å². The number of hydrogen-bond donors (Lipinski definition) is 5. The van der Waals surface area contributed by atoms with Crippen molar-refractivity contribution in [1.29, 1.82) is 0 Å². The summed E-state index contributed by atoms with van der Waals surface area (Å²) in [6, 6.07) is 7.38. The van der Waals surface area contributed by atoms with Crippen LogP contribution in [0.2, 0.25) is 6.82 Å². The molecule has 0 fully saturated rings. The van der Waals surface area contributed by atoms with E-state index in [0.717, 1.165) is 5.56 Å². The number of rotatable bonds is 11. The van der Waals surface area contributed by atoms with Crippen LogP contribution >= 0.6 is 0 Å². The number of likely N-dealkylation sites (N-methyl/N-ethyl adjacent to an activating group) is 1. The molecule has 28 heavy (non-hydrogen) atoms. The van der Waals surface area contributed by atoms with Crippen LogP contribution in [0.4, 0.5) is 4.79 Å². The summed E-state index contributed by atoms with van der Waals surface area (Å²) in [5.74, 6) is -0.852. The molecule has 0 aromatic heterocycles. The van der Waals surface area contributed by atoms with E-state index in [1.807, 2.05) is 30.3 Å². The zero-order chi connectivity index (χ0) is 20.9. The third-order valence-corrected chi connectivity index (χ3v) is 3.83. The molecule has 1 aromatic rings. The molecule has 1 rings (SSSR count). The monoisotopic (exact) mass is 392 g/mol. The van der Waals surface area contributed by atoms with Gasteiger partial charge in [-0.15, -0.1) is 0 Å². The molecule has 2 atom stereocenters. The molecule has 1 aromatic carbocycles. The maximum Gasteiger partial charge on any atom is 0.408 e. The Hall–Kier alpha value is -2.59. The molecule has 0 radical (unpaired) electrons. The van der Waals surface area contributed by atoms with Gasteiger partial charge >= 0.3 is 13.1 Å². The highest BCUT2D eigenvalue weighted by atomic mass is 16.5. The minimum Gasteiger partial charge on any atom is -0.445 e. The molecule has 9 nitrogen and oxygen atoms in total. The molecule has 0 heterocycles. The van der Waals surface area contributed by atoms with Gasteiger partial charge < -0.3 is 30.9 Å². The first-order valence-corrected chi connectivity index (χ1v) is 9.34. The molecule has 0 aliphatic rings. The molecule has 0 saturated carbocycles. The Kier molecular flexibility index (Phi) is 10.7. The Labute approximate surface area is 165 Å². The van der Waals surface area contributed by atoms with Gasteiger partial charge in [0.1, 0.15) is 18.7 Å². The summed E-state index contributed by atoms with van der Waals surface area (Å²) in [5.41, 5.74) is 0.808. The lowest BCUT2D eigenvalue weighted by Gasteiger charge is -2.22. The Morgan fingerprint density at radius 1 is 1.07 bits per heavy atom. The van der Waals surface area contributed by atoms with Crippen LogP contribution in [0.25, 0.3) is 0 Å². The molecular formula is C18H29BN4O5. The van der Waals surface area contributed by atoms with Crippen LogP contribution < -0.4 is 21.2 Å². The van der Waals surface area contributed by atoms with Gasteiger partial charge in [0.15, 0.2) is 0 Å². The number of hydrogen-bond acceptors (Lipinski definition) is 6. The zero-order valence-corrected chi connectivity index (χ0v) is 16.5. The van der Waals surface area contributed by atoms with Crippen molar-refractivity contribution in [2.75, 3.05) is 13.1 Å². The standard InChI is InChI=1S/C18H29BN4O5/c1-4-14(16(24)20-5-2)22-17(25)15(11-21-19(3)27)23-18(26)28-12-13-9-7-6-8-10-13/h6-10,14-15,21,27H,4-5,11-12H2,1-3H3,(H,20,24)(H,22,25)(H,23,26). The van der Waals surface area contributed by atoms with Crippen molar-refractivity contribution in [3.05, 3.63) is 35.9 Å². The maximum absolute atomic E-state index is 12.6. The van der Waals surface area contributed by atoms with E-state index in [1.54, 1.807) is 13.8 Å². The van der Waals surface area contributed by atoms with Gasteiger partial charge in [-0.2, -0.15) is 0 Å². The van der Waals surface area contributed by atoms with Crippen LogP contribution in [-0.4, -0.2) is 55.2 Å². The topological polar surface area (TPSA) is 129 Å². The van der Waals surface area contributed by atoms with E-state index in [0.29, 0.717) is 13.0 Å². The van der Waals surface area contributed by atoms with Crippen molar-refractivity contribution in [3.8, 4) is 0 Å². The molecule has 10 heteroatoms. The van der Waals surface area contributed by atoms with Crippen molar-refractivity contribution in [2.45, 2.75) is 45.8 Å². The smallest absolute Gasteiger partial charge is 0.408 e. The third-order valence-electron chi connectivity index (χ3n) is 3.83. The minimum atomic E-state index is -1.03. The third kappa shape index (κ3) is 8.87. The summed E-state index contributed by atoms with van der Waals surface area (Å²) in [5, 5.41) is 19.8. The second-order valence-electron chi connectivity index (χ2n) is 6.21. The Balaban J connectivity index is 2.67. The highest BCUT2D eigenvalue weighted by molar-refractivity contribution is 6.45. The molecule has 0 saturated heterocycles. The highest BCUT2D eigenvalue weighted by Gasteiger charge is 2.26. The lowest BCUT2D eigenvalue weighted by molar-refractivity contribution is -0.129. The van der Waals surface area contributed by atoms with E-state index in [2.05, 4.69) is 21.2 Å². The maximum atomic E-state index is 12.6. The Bertz CT molecular complexity index is 630. The molecule has 0 aliphatic heterocycles. The molecule has 154 valence electrons. The predicted molar refractivity (Wildman–Crippen MR) is 106 cm³/mol. The molecule has 0 aliphatic carbocycles. The van der Waals surface area contributed by atoms with Gasteiger partial charge in [0.25, 0.3) is 0 Å². The summed E-state index contributed by atoms with van der Waals surface area (Å²) in [7, 11) is -0.872. The first-order valence-electron chi connectivity index (χ1n) is 9.34. The highest BCUT2D eigenvalue weighted by Crippen LogP contribution is 2.01. The summed E-state index contributed by atoms with van der Waals surface area (Å²) < 4.78 is 5.13. The lowest BCUT2D eigenvalue weighted by atomic mass is 9.88. The van der Waals surface area contributed by atoms with Crippen LogP contribution in [-0.2, 0) is 20.9 Å².